The second kappa shape index (κ2) is 11.9. The van der Waals surface area contributed by atoms with Crippen molar-refractivity contribution in [1.82, 2.24) is 10.6 Å². The van der Waals surface area contributed by atoms with E-state index < -0.39 is 29.9 Å². The number of hydrogen-bond acceptors (Lipinski definition) is 5. The number of furan rings is 1. The molecule has 8 nitrogen and oxygen atoms in total. The van der Waals surface area contributed by atoms with E-state index in [2.05, 4.69) is 10.6 Å². The number of nitrogens with two attached hydrogens (primary N) is 1. The molecule has 0 bridgehead atoms. The van der Waals surface area contributed by atoms with Gasteiger partial charge in [-0.05, 0) is 56.4 Å². The molecular formula is C19H29N3O5. The first-order valence-corrected chi connectivity index (χ1v) is 9.08. The molecule has 0 saturated heterocycles. The molecular weight excluding hydrogens is 350 g/mol. The number of nitrogens with one attached hydrogen (secondary N) is 2. The zero-order chi connectivity index (χ0) is 20.2. The van der Waals surface area contributed by atoms with Crippen molar-refractivity contribution in [2.24, 2.45) is 11.7 Å². The Labute approximate surface area is 159 Å². The standard InChI is InChI=1S/C19H29N3O5/c1-13(2)12-16(19(25)26)22-18(24)15(7-3-4-10-20)21-17(23)9-8-14-6-5-11-27-14/h5-6,8-9,11,13,15-16H,3-4,7,10,12,20H2,1-2H3,(H,21,23)(H,22,24)(H,25,26)/b9-8+/t15-,16-/m1/s1. The fourth-order valence-corrected chi connectivity index (χ4v) is 2.49. The predicted molar refractivity (Wildman–Crippen MR) is 102 cm³/mol. The lowest BCUT2D eigenvalue weighted by Gasteiger charge is -2.22. The molecule has 0 fully saturated rings. The molecule has 8 heteroatoms. The Morgan fingerprint density at radius 1 is 1.22 bits per heavy atom. The maximum Gasteiger partial charge on any atom is 0.326 e. The summed E-state index contributed by atoms with van der Waals surface area (Å²) in [6.45, 7) is 4.23. The average Bonchev–Trinajstić information content (AvgIpc) is 3.11. The van der Waals surface area contributed by atoms with Gasteiger partial charge in [-0.3, -0.25) is 9.59 Å². The van der Waals surface area contributed by atoms with Gasteiger partial charge < -0.3 is 25.9 Å². The van der Waals surface area contributed by atoms with Gasteiger partial charge in [0.2, 0.25) is 11.8 Å². The van der Waals surface area contributed by atoms with Crippen LogP contribution >= 0.6 is 0 Å². The Balaban J connectivity index is 2.74. The van der Waals surface area contributed by atoms with Gasteiger partial charge in [0.05, 0.1) is 6.26 Å². The van der Waals surface area contributed by atoms with Crippen molar-refractivity contribution in [1.29, 1.82) is 0 Å². The largest absolute Gasteiger partial charge is 0.480 e. The Morgan fingerprint density at radius 2 is 1.96 bits per heavy atom. The second-order valence-corrected chi connectivity index (χ2v) is 6.72. The van der Waals surface area contributed by atoms with E-state index in [-0.39, 0.29) is 5.92 Å². The van der Waals surface area contributed by atoms with Crippen molar-refractivity contribution in [3.8, 4) is 0 Å². The second-order valence-electron chi connectivity index (χ2n) is 6.72. The van der Waals surface area contributed by atoms with Crippen LogP contribution in [0.2, 0.25) is 0 Å². The molecule has 0 saturated carbocycles. The van der Waals surface area contributed by atoms with Gasteiger partial charge in [0, 0.05) is 6.08 Å². The van der Waals surface area contributed by atoms with Crippen molar-refractivity contribution >= 4 is 23.9 Å². The Bertz CT molecular complexity index is 625. The SMILES string of the molecule is CC(C)C[C@@H](NC(=O)[C@@H](CCCCN)NC(=O)/C=C/c1ccco1)C(=O)O. The van der Waals surface area contributed by atoms with Gasteiger partial charge in [0.25, 0.3) is 0 Å². The first-order valence-electron chi connectivity index (χ1n) is 9.08. The number of carbonyl (C=O) groups is 3. The van der Waals surface area contributed by atoms with E-state index in [0.29, 0.717) is 38.0 Å². The Hall–Kier alpha value is -2.61. The molecule has 5 N–H and O–H groups in total. The number of amides is 2. The molecule has 1 aromatic heterocycles. The number of carboxylic acids is 1. The minimum atomic E-state index is -1.10. The normalized spacial score (nSPS) is 13.5. The monoisotopic (exact) mass is 379 g/mol. The van der Waals surface area contributed by atoms with Crippen LogP contribution in [0, 0.1) is 5.92 Å². The van der Waals surface area contributed by atoms with Crippen molar-refractivity contribution in [2.75, 3.05) is 6.54 Å². The summed E-state index contributed by atoms with van der Waals surface area (Å²) in [7, 11) is 0. The molecule has 1 rings (SSSR count). The highest BCUT2D eigenvalue weighted by Gasteiger charge is 2.26. The lowest BCUT2D eigenvalue weighted by molar-refractivity contribution is -0.142. The molecule has 27 heavy (non-hydrogen) atoms. The maximum atomic E-state index is 12.5. The molecule has 0 aromatic carbocycles. The predicted octanol–water partition coefficient (Wildman–Crippen LogP) is 1.52. The van der Waals surface area contributed by atoms with E-state index in [1.807, 2.05) is 13.8 Å². The van der Waals surface area contributed by atoms with Crippen LogP contribution in [-0.2, 0) is 14.4 Å². The van der Waals surface area contributed by atoms with Crippen molar-refractivity contribution < 1.29 is 23.9 Å². The number of aliphatic carboxylic acids is 1. The summed E-state index contributed by atoms with van der Waals surface area (Å²) in [4.78, 5) is 36.0. The molecule has 0 aliphatic carbocycles. The van der Waals surface area contributed by atoms with Crippen LogP contribution in [-0.4, -0.2) is 41.5 Å². The zero-order valence-corrected chi connectivity index (χ0v) is 15.8. The number of rotatable bonds is 12. The van der Waals surface area contributed by atoms with E-state index in [9.17, 15) is 19.5 Å². The first-order chi connectivity index (χ1) is 12.8. The van der Waals surface area contributed by atoms with Crippen LogP contribution in [0.3, 0.4) is 0 Å². The van der Waals surface area contributed by atoms with E-state index in [4.69, 9.17) is 10.2 Å². The smallest absolute Gasteiger partial charge is 0.326 e. The molecule has 0 aliphatic heterocycles. The molecule has 2 atom stereocenters. The molecule has 150 valence electrons. The van der Waals surface area contributed by atoms with Crippen molar-refractivity contribution in [3.63, 3.8) is 0 Å². The van der Waals surface area contributed by atoms with Crippen molar-refractivity contribution in [2.45, 2.75) is 51.6 Å². The summed E-state index contributed by atoms with van der Waals surface area (Å²) in [5.41, 5.74) is 5.48. The summed E-state index contributed by atoms with van der Waals surface area (Å²) in [5.74, 6) is -1.46. The van der Waals surface area contributed by atoms with E-state index in [1.165, 1.54) is 18.4 Å². The molecule has 0 aliphatic rings. The molecule has 2 amide bonds. The highest BCUT2D eigenvalue weighted by atomic mass is 16.4. The van der Waals surface area contributed by atoms with Gasteiger partial charge in [0.1, 0.15) is 17.8 Å². The summed E-state index contributed by atoms with van der Waals surface area (Å²) >= 11 is 0. The fraction of sp³-hybridized carbons (Fsp3) is 0.526. The number of carboxylic acid groups (broad SMARTS) is 1. The van der Waals surface area contributed by atoms with Gasteiger partial charge in [-0.15, -0.1) is 0 Å². The molecule has 0 unspecified atom stereocenters. The quantitative estimate of drug-likeness (QED) is 0.321. The van der Waals surface area contributed by atoms with Gasteiger partial charge in [0.15, 0.2) is 0 Å². The van der Waals surface area contributed by atoms with Crippen LogP contribution in [0.4, 0.5) is 0 Å². The summed E-state index contributed by atoms with van der Waals surface area (Å²) < 4.78 is 5.11. The fourth-order valence-electron chi connectivity index (χ4n) is 2.49. The average molecular weight is 379 g/mol. The van der Waals surface area contributed by atoms with Crippen LogP contribution in [0.1, 0.15) is 45.3 Å². The maximum absolute atomic E-state index is 12.5. The van der Waals surface area contributed by atoms with Crippen LogP contribution in [0.15, 0.2) is 28.9 Å². The van der Waals surface area contributed by atoms with E-state index in [1.54, 1.807) is 12.1 Å². The number of unbranched alkanes of at least 4 members (excludes halogenated alkanes) is 1. The van der Waals surface area contributed by atoms with Crippen LogP contribution in [0.5, 0.6) is 0 Å². The lowest BCUT2D eigenvalue weighted by Crippen LogP contribution is -2.51. The molecule has 1 aromatic rings. The highest BCUT2D eigenvalue weighted by molar-refractivity contribution is 5.96. The highest BCUT2D eigenvalue weighted by Crippen LogP contribution is 2.08. The molecule has 0 spiro atoms. The Kier molecular flexibility index (Phi) is 9.89. The van der Waals surface area contributed by atoms with Gasteiger partial charge in [-0.25, -0.2) is 4.79 Å². The third-order valence-corrected chi connectivity index (χ3v) is 3.84. The minimum Gasteiger partial charge on any atom is -0.480 e. The third kappa shape index (κ3) is 9.05. The molecule has 0 radical (unpaired) electrons. The van der Waals surface area contributed by atoms with E-state index in [0.717, 1.165) is 0 Å². The van der Waals surface area contributed by atoms with E-state index >= 15 is 0 Å². The first kappa shape index (κ1) is 22.4. The van der Waals surface area contributed by atoms with Crippen LogP contribution in [0.25, 0.3) is 6.08 Å². The minimum absolute atomic E-state index is 0.105. The third-order valence-electron chi connectivity index (χ3n) is 3.84. The zero-order valence-electron chi connectivity index (χ0n) is 15.8. The number of carbonyl (C=O) groups excluding carboxylic acids is 2. The number of hydrogen-bond donors (Lipinski definition) is 4. The van der Waals surface area contributed by atoms with Gasteiger partial charge >= 0.3 is 5.97 Å². The molecule has 1 heterocycles. The summed E-state index contributed by atoms with van der Waals surface area (Å²) in [5, 5.41) is 14.4. The van der Waals surface area contributed by atoms with Crippen LogP contribution < -0.4 is 16.4 Å². The van der Waals surface area contributed by atoms with Crippen molar-refractivity contribution in [3.05, 3.63) is 30.2 Å². The summed E-state index contributed by atoms with van der Waals surface area (Å²) in [6.07, 6.45) is 6.27. The Morgan fingerprint density at radius 3 is 2.52 bits per heavy atom. The summed E-state index contributed by atoms with van der Waals surface area (Å²) in [6, 6.07) is 1.56. The van der Waals surface area contributed by atoms with Gasteiger partial charge in [-0.2, -0.15) is 0 Å². The lowest BCUT2D eigenvalue weighted by atomic mass is 10.0. The van der Waals surface area contributed by atoms with Gasteiger partial charge in [-0.1, -0.05) is 13.8 Å². The topological polar surface area (TPSA) is 135 Å².